The van der Waals surface area contributed by atoms with Gasteiger partial charge in [-0.2, -0.15) is 0 Å². The number of hydrogen-bond donors (Lipinski definition) is 1. The zero-order chi connectivity index (χ0) is 13.0. The van der Waals surface area contributed by atoms with Gasteiger partial charge < -0.3 is 4.90 Å². The number of carbonyl (C=O) groups excluding carboxylic acids is 1. The number of nitrogens with zero attached hydrogens (tertiary/aromatic N) is 3. The van der Waals surface area contributed by atoms with Gasteiger partial charge in [0.15, 0.2) is 0 Å². The molecule has 0 fully saturated rings. The molecule has 0 saturated carbocycles. The van der Waals surface area contributed by atoms with E-state index < -0.39 is 5.82 Å². The molecule has 0 spiro atoms. The maximum Gasteiger partial charge on any atom is 0.323 e. The van der Waals surface area contributed by atoms with E-state index in [9.17, 15) is 9.18 Å². The Morgan fingerprint density at radius 2 is 2.33 bits per heavy atom. The summed E-state index contributed by atoms with van der Waals surface area (Å²) < 4.78 is 12.6. The summed E-state index contributed by atoms with van der Waals surface area (Å²) in [5, 5.41) is 4.44. The molecule has 0 atom stereocenters. The van der Waals surface area contributed by atoms with E-state index in [0.717, 1.165) is 11.9 Å². The molecule has 0 aliphatic heterocycles. The average Bonchev–Trinajstić information content (AvgIpc) is 2.85. The lowest BCUT2D eigenvalue weighted by atomic mass is 10.4. The zero-order valence-electron chi connectivity index (χ0n) is 9.63. The van der Waals surface area contributed by atoms with E-state index in [1.165, 1.54) is 28.4 Å². The molecule has 2 aromatic heterocycles. The van der Waals surface area contributed by atoms with Crippen LogP contribution in [-0.4, -0.2) is 27.9 Å². The number of aromatic nitrogens is 2. The normalized spacial score (nSPS) is 10.1. The highest BCUT2D eigenvalue weighted by Gasteiger charge is 2.10. The monoisotopic (exact) mass is 266 g/mol. The number of anilines is 1. The van der Waals surface area contributed by atoms with Crippen LogP contribution in [-0.2, 0) is 6.54 Å². The molecule has 2 aromatic rings. The summed E-state index contributed by atoms with van der Waals surface area (Å²) >= 11 is 1.48. The molecule has 2 heterocycles. The van der Waals surface area contributed by atoms with Crippen molar-refractivity contribution in [2.75, 3.05) is 12.4 Å². The molecule has 18 heavy (non-hydrogen) atoms. The van der Waals surface area contributed by atoms with E-state index in [2.05, 4.69) is 15.3 Å². The molecule has 7 heteroatoms. The molecule has 0 saturated heterocycles. The van der Waals surface area contributed by atoms with Gasteiger partial charge in [-0.1, -0.05) is 0 Å². The highest BCUT2D eigenvalue weighted by molar-refractivity contribution is 7.07. The molecule has 0 aliphatic carbocycles. The third kappa shape index (κ3) is 3.24. The van der Waals surface area contributed by atoms with Crippen molar-refractivity contribution in [1.82, 2.24) is 14.9 Å². The van der Waals surface area contributed by atoms with E-state index in [4.69, 9.17) is 0 Å². The summed E-state index contributed by atoms with van der Waals surface area (Å²) in [6.45, 7) is 0.413. The quantitative estimate of drug-likeness (QED) is 0.927. The van der Waals surface area contributed by atoms with Gasteiger partial charge in [0, 0.05) is 12.4 Å². The number of rotatable bonds is 3. The fraction of sp³-hybridized carbons (Fsp3) is 0.182. The zero-order valence-corrected chi connectivity index (χ0v) is 10.4. The molecule has 0 aliphatic rings. The molecule has 1 N–H and O–H groups in total. The minimum Gasteiger partial charge on any atom is -0.322 e. The van der Waals surface area contributed by atoms with Crippen LogP contribution in [0.1, 0.15) is 5.69 Å². The first kappa shape index (κ1) is 12.4. The largest absolute Gasteiger partial charge is 0.323 e. The van der Waals surface area contributed by atoms with Crippen LogP contribution < -0.4 is 5.32 Å². The molecule has 5 nitrogen and oxygen atoms in total. The predicted octanol–water partition coefficient (Wildman–Crippen LogP) is 2.34. The lowest BCUT2D eigenvalue weighted by Crippen LogP contribution is -2.31. The molecule has 0 aromatic carbocycles. The van der Waals surface area contributed by atoms with Crippen LogP contribution >= 0.6 is 11.3 Å². The van der Waals surface area contributed by atoms with Crippen molar-refractivity contribution in [2.45, 2.75) is 6.54 Å². The van der Waals surface area contributed by atoms with Crippen LogP contribution in [0.3, 0.4) is 0 Å². The van der Waals surface area contributed by atoms with Crippen molar-refractivity contribution in [1.29, 1.82) is 0 Å². The summed E-state index contributed by atoms with van der Waals surface area (Å²) in [6, 6.07) is 2.33. The van der Waals surface area contributed by atoms with Crippen molar-refractivity contribution in [3.05, 3.63) is 40.7 Å². The lowest BCUT2D eigenvalue weighted by Gasteiger charge is -2.16. The fourth-order valence-corrected chi connectivity index (χ4v) is 1.83. The Bertz CT molecular complexity index is 514. The Labute approximate surface area is 107 Å². The Balaban J connectivity index is 1.93. The van der Waals surface area contributed by atoms with E-state index in [0.29, 0.717) is 12.4 Å². The van der Waals surface area contributed by atoms with Crippen LogP contribution in [0.5, 0.6) is 0 Å². The highest BCUT2D eigenvalue weighted by atomic mass is 32.1. The third-order valence-electron chi connectivity index (χ3n) is 2.19. The first-order chi connectivity index (χ1) is 8.65. The number of urea groups is 1. The van der Waals surface area contributed by atoms with E-state index in [-0.39, 0.29) is 6.03 Å². The first-order valence-electron chi connectivity index (χ1n) is 5.16. The average molecular weight is 266 g/mol. The van der Waals surface area contributed by atoms with Gasteiger partial charge in [-0.25, -0.2) is 19.2 Å². The predicted molar refractivity (Wildman–Crippen MR) is 66.8 cm³/mol. The van der Waals surface area contributed by atoms with Crippen molar-refractivity contribution in [2.24, 2.45) is 0 Å². The van der Waals surface area contributed by atoms with Crippen molar-refractivity contribution in [3.63, 3.8) is 0 Å². The van der Waals surface area contributed by atoms with Crippen LogP contribution in [0.4, 0.5) is 15.0 Å². The number of amides is 2. The fourth-order valence-electron chi connectivity index (χ4n) is 1.29. The Kier molecular flexibility index (Phi) is 3.83. The Morgan fingerprint density at radius 3 is 2.94 bits per heavy atom. The summed E-state index contributed by atoms with van der Waals surface area (Å²) in [5.74, 6) is -0.129. The number of hydrogen-bond acceptors (Lipinski definition) is 4. The maximum absolute atomic E-state index is 12.6. The van der Waals surface area contributed by atoms with E-state index >= 15 is 0 Å². The molecule has 0 unspecified atom stereocenters. The van der Waals surface area contributed by atoms with Crippen LogP contribution in [0.2, 0.25) is 0 Å². The van der Waals surface area contributed by atoms with Crippen LogP contribution in [0.15, 0.2) is 29.2 Å². The van der Waals surface area contributed by atoms with Crippen molar-refractivity contribution >= 4 is 23.2 Å². The number of nitrogens with one attached hydrogen (secondary N) is 1. The van der Waals surface area contributed by atoms with Crippen LogP contribution in [0, 0.1) is 5.82 Å². The highest BCUT2D eigenvalue weighted by Crippen LogP contribution is 2.07. The van der Waals surface area contributed by atoms with Crippen molar-refractivity contribution < 1.29 is 9.18 Å². The lowest BCUT2D eigenvalue weighted by molar-refractivity contribution is 0.220. The van der Waals surface area contributed by atoms with Gasteiger partial charge in [-0.15, -0.1) is 11.3 Å². The molecular formula is C11H11FN4OS. The summed E-state index contributed by atoms with van der Waals surface area (Å²) in [7, 11) is 1.65. The Hall–Kier alpha value is -2.02. The topological polar surface area (TPSA) is 58.1 Å². The smallest absolute Gasteiger partial charge is 0.322 e. The van der Waals surface area contributed by atoms with E-state index in [1.54, 1.807) is 12.6 Å². The summed E-state index contributed by atoms with van der Waals surface area (Å²) in [6.07, 6.45) is 1.05. The number of thiazole rings is 1. The summed E-state index contributed by atoms with van der Waals surface area (Å²) in [5.41, 5.74) is 2.53. The second kappa shape index (κ2) is 5.54. The van der Waals surface area contributed by atoms with E-state index in [1.807, 2.05) is 5.38 Å². The molecule has 0 bridgehead atoms. The van der Waals surface area contributed by atoms with Crippen LogP contribution in [0.25, 0.3) is 0 Å². The molecule has 2 rings (SSSR count). The maximum atomic E-state index is 12.6. The molecule has 0 radical (unpaired) electrons. The molecule has 94 valence electrons. The van der Waals surface area contributed by atoms with Gasteiger partial charge in [-0.3, -0.25) is 5.32 Å². The van der Waals surface area contributed by atoms with Gasteiger partial charge in [0.05, 0.1) is 23.9 Å². The number of halogens is 1. The van der Waals surface area contributed by atoms with Gasteiger partial charge in [0.2, 0.25) is 0 Å². The van der Waals surface area contributed by atoms with Gasteiger partial charge in [-0.05, 0) is 12.1 Å². The SMILES string of the molecule is CN(Cc1cscn1)C(=O)Nc1ccc(F)cn1. The number of carbonyl (C=O) groups is 1. The minimum absolute atomic E-state index is 0.312. The summed E-state index contributed by atoms with van der Waals surface area (Å²) in [4.78, 5) is 21.1. The first-order valence-corrected chi connectivity index (χ1v) is 6.10. The van der Waals surface area contributed by atoms with Crippen molar-refractivity contribution in [3.8, 4) is 0 Å². The molecule has 2 amide bonds. The number of pyridine rings is 1. The third-order valence-corrected chi connectivity index (χ3v) is 2.83. The minimum atomic E-state index is -0.441. The second-order valence-electron chi connectivity index (χ2n) is 3.63. The van der Waals surface area contributed by atoms with Gasteiger partial charge >= 0.3 is 6.03 Å². The van der Waals surface area contributed by atoms with Gasteiger partial charge in [0.1, 0.15) is 11.6 Å². The Morgan fingerprint density at radius 1 is 1.50 bits per heavy atom. The molecular weight excluding hydrogens is 255 g/mol. The van der Waals surface area contributed by atoms with Gasteiger partial charge in [0.25, 0.3) is 0 Å². The second-order valence-corrected chi connectivity index (χ2v) is 4.35. The standard InChI is InChI=1S/C11H11FN4OS/c1-16(5-9-6-18-7-14-9)11(17)15-10-3-2-8(12)4-13-10/h2-4,6-7H,5H2,1H3,(H,13,15,17).